The van der Waals surface area contributed by atoms with Crippen molar-refractivity contribution in [3.05, 3.63) is 151 Å². The van der Waals surface area contributed by atoms with Gasteiger partial charge in [-0.2, -0.15) is 0 Å². The second-order valence-corrected chi connectivity index (χ2v) is 10.7. The molecule has 0 saturated carbocycles. The molecule has 0 unspecified atom stereocenters. The van der Waals surface area contributed by atoms with Crippen LogP contribution in [-0.2, 0) is 0 Å². The lowest BCUT2D eigenvalue weighted by Crippen LogP contribution is -1.97. The fourth-order valence-electron chi connectivity index (χ4n) is 5.69. The van der Waals surface area contributed by atoms with E-state index >= 15 is 0 Å². The zero-order valence-electron chi connectivity index (χ0n) is 23.9. The van der Waals surface area contributed by atoms with Crippen molar-refractivity contribution in [3.63, 3.8) is 0 Å². The van der Waals surface area contributed by atoms with E-state index in [1.807, 2.05) is 38.6 Å². The van der Waals surface area contributed by atoms with Crippen LogP contribution in [0.2, 0.25) is 0 Å². The van der Waals surface area contributed by atoms with Gasteiger partial charge in [-0.3, -0.25) is 0 Å². The molecule has 42 heavy (non-hydrogen) atoms. The van der Waals surface area contributed by atoms with Gasteiger partial charge in [0.15, 0.2) is 0 Å². The molecule has 0 aliphatic heterocycles. The highest BCUT2D eigenvalue weighted by atomic mass is 15.1. The molecular weight excluding hydrogens is 514 g/mol. The molecule has 7 rings (SSSR count). The van der Waals surface area contributed by atoms with Crippen LogP contribution < -0.4 is 0 Å². The Balaban J connectivity index is 1.39. The quantitative estimate of drug-likeness (QED) is 0.210. The molecular formula is C37H31N5. The van der Waals surface area contributed by atoms with Gasteiger partial charge in [0, 0.05) is 53.7 Å². The van der Waals surface area contributed by atoms with Crippen LogP contribution in [0.25, 0.3) is 50.4 Å². The fourth-order valence-corrected chi connectivity index (χ4v) is 5.69. The first-order valence-corrected chi connectivity index (χ1v) is 14.1. The molecule has 0 amide bonds. The predicted molar refractivity (Wildman–Crippen MR) is 171 cm³/mol. The number of nitrogens with zero attached hydrogens (tertiary/aromatic N) is 5. The standard InChI is InChI=1S/C37H31N5/c1-26-8-7-17-40(26)35-12-4-9-29(23-35)32-20-33(30-10-5-13-36(24-30)41-18-15-38-27(41)2)22-34(21-32)31-11-6-14-37(25-31)42-19-16-39-28(42)3/h4-25H,1-3H3. The van der Waals surface area contributed by atoms with Crippen molar-refractivity contribution in [1.29, 1.82) is 0 Å². The highest BCUT2D eigenvalue weighted by Crippen LogP contribution is 2.35. The Morgan fingerprint density at radius 1 is 0.405 bits per heavy atom. The van der Waals surface area contributed by atoms with Gasteiger partial charge < -0.3 is 13.7 Å². The summed E-state index contributed by atoms with van der Waals surface area (Å²) in [5, 5.41) is 0. The van der Waals surface area contributed by atoms with Crippen molar-refractivity contribution >= 4 is 0 Å². The SMILES string of the molecule is Cc1cccn1-c1cccc(-c2cc(-c3cccc(-n4ccnc4C)c3)cc(-c3cccc(-n4ccnc4C)c3)c2)c1. The van der Waals surface area contributed by atoms with E-state index in [4.69, 9.17) is 0 Å². The molecule has 204 valence electrons. The first-order chi connectivity index (χ1) is 20.5. The summed E-state index contributed by atoms with van der Waals surface area (Å²) >= 11 is 0. The van der Waals surface area contributed by atoms with E-state index in [2.05, 4.69) is 140 Å². The first-order valence-electron chi connectivity index (χ1n) is 14.1. The Hall–Kier alpha value is -5.42. The molecule has 0 bridgehead atoms. The maximum absolute atomic E-state index is 4.43. The number of rotatable bonds is 6. The maximum atomic E-state index is 4.43. The summed E-state index contributed by atoms with van der Waals surface area (Å²) in [6, 6.07) is 37.2. The maximum Gasteiger partial charge on any atom is 0.110 e. The number of aromatic nitrogens is 5. The van der Waals surface area contributed by atoms with Gasteiger partial charge in [0.25, 0.3) is 0 Å². The number of hydrogen-bond donors (Lipinski definition) is 0. The Bertz CT molecular complexity index is 1790. The Labute approximate surface area is 246 Å². The molecule has 0 aliphatic carbocycles. The summed E-state index contributed by atoms with van der Waals surface area (Å²) in [4.78, 5) is 8.86. The molecule has 3 heterocycles. The molecule has 0 aliphatic rings. The third-order valence-electron chi connectivity index (χ3n) is 7.91. The second kappa shape index (κ2) is 10.5. The largest absolute Gasteiger partial charge is 0.321 e. The topological polar surface area (TPSA) is 40.6 Å². The highest BCUT2D eigenvalue weighted by Gasteiger charge is 2.11. The summed E-state index contributed by atoms with van der Waals surface area (Å²) in [7, 11) is 0. The Kier molecular flexibility index (Phi) is 6.40. The lowest BCUT2D eigenvalue weighted by molar-refractivity contribution is 0.975. The molecule has 0 atom stereocenters. The van der Waals surface area contributed by atoms with E-state index in [0.29, 0.717) is 0 Å². The van der Waals surface area contributed by atoms with Crippen molar-refractivity contribution in [3.8, 4) is 50.4 Å². The smallest absolute Gasteiger partial charge is 0.110 e. The number of hydrogen-bond acceptors (Lipinski definition) is 2. The van der Waals surface area contributed by atoms with Crippen LogP contribution in [-0.4, -0.2) is 23.7 Å². The molecule has 0 fully saturated rings. The van der Waals surface area contributed by atoms with Gasteiger partial charge in [0.05, 0.1) is 0 Å². The predicted octanol–water partition coefficient (Wildman–Crippen LogP) is 8.77. The molecule has 0 saturated heterocycles. The van der Waals surface area contributed by atoms with Crippen LogP contribution in [0.1, 0.15) is 17.3 Å². The van der Waals surface area contributed by atoms with Crippen molar-refractivity contribution in [1.82, 2.24) is 23.7 Å². The lowest BCUT2D eigenvalue weighted by atomic mass is 9.93. The van der Waals surface area contributed by atoms with E-state index in [1.165, 1.54) is 16.8 Å². The zero-order valence-corrected chi connectivity index (χ0v) is 23.9. The zero-order chi connectivity index (χ0) is 28.6. The minimum absolute atomic E-state index is 0.963. The minimum Gasteiger partial charge on any atom is -0.321 e. The summed E-state index contributed by atoms with van der Waals surface area (Å²) in [5.74, 6) is 1.93. The third kappa shape index (κ3) is 4.75. The van der Waals surface area contributed by atoms with Crippen molar-refractivity contribution in [2.45, 2.75) is 20.8 Å². The van der Waals surface area contributed by atoms with Crippen molar-refractivity contribution in [2.75, 3.05) is 0 Å². The molecule has 0 radical (unpaired) electrons. The van der Waals surface area contributed by atoms with Crippen LogP contribution >= 0.6 is 0 Å². The number of aryl methyl sites for hydroxylation is 3. The van der Waals surface area contributed by atoms with E-state index in [0.717, 1.165) is 51.0 Å². The average Bonchev–Trinajstić information content (AvgIpc) is 3.78. The fraction of sp³-hybridized carbons (Fsp3) is 0.0811. The monoisotopic (exact) mass is 545 g/mol. The highest BCUT2D eigenvalue weighted by molar-refractivity contribution is 5.82. The molecule has 7 aromatic rings. The van der Waals surface area contributed by atoms with Gasteiger partial charge in [-0.25, -0.2) is 9.97 Å². The van der Waals surface area contributed by atoms with Gasteiger partial charge in [-0.1, -0.05) is 36.4 Å². The van der Waals surface area contributed by atoms with Crippen LogP contribution in [0.4, 0.5) is 0 Å². The minimum atomic E-state index is 0.963. The van der Waals surface area contributed by atoms with Crippen molar-refractivity contribution < 1.29 is 0 Å². The Morgan fingerprint density at radius 2 is 0.833 bits per heavy atom. The summed E-state index contributed by atoms with van der Waals surface area (Å²) < 4.78 is 6.46. The van der Waals surface area contributed by atoms with Crippen LogP contribution in [0.15, 0.2) is 134 Å². The summed E-state index contributed by atoms with van der Waals surface area (Å²) in [6.07, 6.45) is 9.82. The average molecular weight is 546 g/mol. The van der Waals surface area contributed by atoms with Crippen LogP contribution in [0.3, 0.4) is 0 Å². The van der Waals surface area contributed by atoms with Gasteiger partial charge in [0.1, 0.15) is 11.6 Å². The first kappa shape index (κ1) is 25.5. The molecule has 5 nitrogen and oxygen atoms in total. The van der Waals surface area contributed by atoms with E-state index in [1.54, 1.807) is 0 Å². The van der Waals surface area contributed by atoms with E-state index < -0.39 is 0 Å². The summed E-state index contributed by atoms with van der Waals surface area (Å²) in [6.45, 7) is 6.19. The van der Waals surface area contributed by atoms with Gasteiger partial charge in [-0.05, 0) is 121 Å². The molecule has 4 aromatic carbocycles. The van der Waals surface area contributed by atoms with Gasteiger partial charge >= 0.3 is 0 Å². The Morgan fingerprint density at radius 3 is 1.19 bits per heavy atom. The third-order valence-corrected chi connectivity index (χ3v) is 7.91. The molecule has 0 N–H and O–H groups in total. The second-order valence-electron chi connectivity index (χ2n) is 10.7. The normalized spacial score (nSPS) is 11.2. The van der Waals surface area contributed by atoms with E-state index in [9.17, 15) is 0 Å². The number of imidazole rings is 2. The van der Waals surface area contributed by atoms with Crippen LogP contribution in [0.5, 0.6) is 0 Å². The van der Waals surface area contributed by atoms with Crippen LogP contribution in [0, 0.1) is 20.8 Å². The molecule has 5 heteroatoms. The van der Waals surface area contributed by atoms with Gasteiger partial charge in [-0.15, -0.1) is 0 Å². The van der Waals surface area contributed by atoms with Gasteiger partial charge in [0.2, 0.25) is 0 Å². The van der Waals surface area contributed by atoms with Crippen molar-refractivity contribution in [2.24, 2.45) is 0 Å². The number of benzene rings is 4. The molecule has 0 spiro atoms. The van der Waals surface area contributed by atoms with E-state index in [-0.39, 0.29) is 0 Å². The lowest BCUT2D eigenvalue weighted by Gasteiger charge is -2.15. The summed E-state index contributed by atoms with van der Waals surface area (Å²) in [5.41, 5.74) is 11.5. The molecule has 3 aromatic heterocycles.